The lowest BCUT2D eigenvalue weighted by Crippen LogP contribution is -2.26. The number of rotatable bonds is 8. The molecule has 26 heavy (non-hydrogen) atoms. The second-order valence-corrected chi connectivity index (χ2v) is 6.11. The Morgan fingerprint density at radius 1 is 1.19 bits per heavy atom. The summed E-state index contributed by atoms with van der Waals surface area (Å²) in [5.74, 6) is -0.149. The van der Waals surface area contributed by atoms with Crippen LogP contribution in [0.1, 0.15) is 42.2 Å². The van der Waals surface area contributed by atoms with Crippen LogP contribution in [0.2, 0.25) is 0 Å². The molecule has 2 aromatic rings. The van der Waals surface area contributed by atoms with Crippen LogP contribution in [-0.2, 0) is 0 Å². The van der Waals surface area contributed by atoms with E-state index in [2.05, 4.69) is 21.9 Å². The van der Waals surface area contributed by atoms with Crippen LogP contribution in [0.3, 0.4) is 0 Å². The topological polar surface area (TPSA) is 41.6 Å². The van der Waals surface area contributed by atoms with Crippen LogP contribution in [0, 0.1) is 0 Å². The number of benzene rings is 2. The zero-order valence-corrected chi connectivity index (χ0v) is 15.2. The molecule has 140 valence electrons. The van der Waals surface area contributed by atoms with Gasteiger partial charge in [-0.2, -0.15) is 8.78 Å². The largest absolute Gasteiger partial charge is 0.435 e. The van der Waals surface area contributed by atoms with Gasteiger partial charge in [-0.3, -0.25) is 4.79 Å². The maximum Gasteiger partial charge on any atom is 0.387 e. The number of ether oxygens (including phenoxy) is 1. The van der Waals surface area contributed by atoms with E-state index in [4.69, 9.17) is 0 Å². The molecule has 0 heterocycles. The summed E-state index contributed by atoms with van der Waals surface area (Å²) in [6.45, 7) is 1.98. The molecule has 2 rings (SSSR count). The van der Waals surface area contributed by atoms with Crippen LogP contribution in [-0.4, -0.2) is 26.1 Å². The van der Waals surface area contributed by atoms with Gasteiger partial charge in [-0.15, -0.1) is 0 Å². The third-order valence-electron chi connectivity index (χ3n) is 4.06. The van der Waals surface area contributed by atoms with Gasteiger partial charge in [0.05, 0.1) is 6.04 Å². The summed E-state index contributed by atoms with van der Waals surface area (Å²) < 4.78 is 29.1. The van der Waals surface area contributed by atoms with E-state index in [-0.39, 0.29) is 17.7 Å². The molecule has 1 amide bonds. The first-order chi connectivity index (χ1) is 12.4. The zero-order valence-electron chi connectivity index (χ0n) is 15.2. The molecule has 4 nitrogen and oxygen atoms in total. The van der Waals surface area contributed by atoms with Crippen molar-refractivity contribution < 1.29 is 18.3 Å². The van der Waals surface area contributed by atoms with Gasteiger partial charge in [0, 0.05) is 24.8 Å². The highest BCUT2D eigenvalue weighted by Gasteiger charge is 2.13. The fourth-order valence-electron chi connectivity index (χ4n) is 2.66. The minimum atomic E-state index is -2.88. The van der Waals surface area contributed by atoms with Crippen molar-refractivity contribution in [1.29, 1.82) is 0 Å². The van der Waals surface area contributed by atoms with Gasteiger partial charge in [0.1, 0.15) is 5.75 Å². The fourth-order valence-corrected chi connectivity index (χ4v) is 2.66. The summed E-state index contributed by atoms with van der Waals surface area (Å²) >= 11 is 0. The molecule has 0 saturated carbocycles. The lowest BCUT2D eigenvalue weighted by Gasteiger charge is -2.19. The minimum Gasteiger partial charge on any atom is -0.435 e. The number of alkyl halides is 2. The first-order valence-electron chi connectivity index (χ1n) is 8.57. The summed E-state index contributed by atoms with van der Waals surface area (Å²) in [6.07, 6.45) is 1.05. The van der Waals surface area contributed by atoms with Crippen molar-refractivity contribution in [1.82, 2.24) is 5.32 Å². The number of anilines is 1. The van der Waals surface area contributed by atoms with Gasteiger partial charge in [0.2, 0.25) is 0 Å². The predicted octanol–water partition coefficient (Wildman–Crippen LogP) is 4.63. The van der Waals surface area contributed by atoms with Gasteiger partial charge in [-0.25, -0.2) is 0 Å². The van der Waals surface area contributed by atoms with Gasteiger partial charge < -0.3 is 15.0 Å². The maximum atomic E-state index is 12.4. The number of halogens is 2. The van der Waals surface area contributed by atoms with Crippen molar-refractivity contribution in [3.63, 3.8) is 0 Å². The Kier molecular flexibility index (Phi) is 6.95. The minimum absolute atomic E-state index is 0.0712. The van der Waals surface area contributed by atoms with Crippen LogP contribution >= 0.6 is 0 Å². The smallest absolute Gasteiger partial charge is 0.387 e. The first-order valence-corrected chi connectivity index (χ1v) is 8.57. The number of carbonyl (C=O) groups is 1. The summed E-state index contributed by atoms with van der Waals surface area (Å²) in [6, 6.07) is 13.4. The molecule has 0 aliphatic rings. The first kappa shape index (κ1) is 19.7. The van der Waals surface area contributed by atoms with Crippen LogP contribution in [0.25, 0.3) is 0 Å². The Balaban J connectivity index is 2.02. The highest BCUT2D eigenvalue weighted by Crippen LogP contribution is 2.21. The number of nitrogens with zero attached hydrogens (tertiary/aromatic N) is 1. The second kappa shape index (κ2) is 9.17. The monoisotopic (exact) mass is 362 g/mol. The summed E-state index contributed by atoms with van der Waals surface area (Å²) in [4.78, 5) is 14.5. The van der Waals surface area contributed by atoms with E-state index in [0.717, 1.165) is 18.7 Å². The van der Waals surface area contributed by atoms with E-state index in [1.165, 1.54) is 12.1 Å². The molecule has 0 bridgehead atoms. The molecule has 0 aromatic heterocycles. The SMILES string of the molecule is CCCN(C)c1ccc(C(=O)NC(C)c2cccc(OC(F)F)c2)cc1. The summed E-state index contributed by atoms with van der Waals surface area (Å²) in [7, 11) is 2.01. The van der Waals surface area contributed by atoms with Gasteiger partial charge in [-0.05, 0) is 55.3 Å². The second-order valence-electron chi connectivity index (χ2n) is 6.11. The van der Waals surface area contributed by atoms with E-state index in [9.17, 15) is 13.6 Å². The fraction of sp³-hybridized carbons (Fsp3) is 0.350. The molecule has 2 aromatic carbocycles. The number of hydrogen-bond acceptors (Lipinski definition) is 3. The molecule has 1 N–H and O–H groups in total. The average Bonchev–Trinajstić information content (AvgIpc) is 2.61. The van der Waals surface area contributed by atoms with Crippen molar-refractivity contribution in [3.05, 3.63) is 59.7 Å². The molecule has 0 spiro atoms. The van der Waals surface area contributed by atoms with Gasteiger partial charge in [0.25, 0.3) is 5.91 Å². The van der Waals surface area contributed by atoms with E-state index < -0.39 is 6.61 Å². The quantitative estimate of drug-likeness (QED) is 0.745. The van der Waals surface area contributed by atoms with Crippen molar-refractivity contribution >= 4 is 11.6 Å². The zero-order chi connectivity index (χ0) is 19.1. The van der Waals surface area contributed by atoms with Crippen molar-refractivity contribution in [2.75, 3.05) is 18.5 Å². The summed E-state index contributed by atoms with van der Waals surface area (Å²) in [5.41, 5.74) is 2.29. The lowest BCUT2D eigenvalue weighted by molar-refractivity contribution is -0.0499. The Hall–Kier alpha value is -2.63. The normalized spacial score (nSPS) is 11.9. The Morgan fingerprint density at radius 2 is 1.88 bits per heavy atom. The van der Waals surface area contributed by atoms with Gasteiger partial charge >= 0.3 is 6.61 Å². The molecular weight excluding hydrogens is 338 g/mol. The molecular formula is C20H24F2N2O2. The molecule has 6 heteroatoms. The molecule has 0 radical (unpaired) electrons. The van der Waals surface area contributed by atoms with E-state index in [1.54, 1.807) is 31.2 Å². The van der Waals surface area contributed by atoms with Crippen molar-refractivity contribution in [2.45, 2.75) is 32.9 Å². The Morgan fingerprint density at radius 3 is 2.50 bits per heavy atom. The van der Waals surface area contributed by atoms with E-state index in [1.807, 2.05) is 19.2 Å². The highest BCUT2D eigenvalue weighted by atomic mass is 19.3. The Labute approximate surface area is 152 Å². The van der Waals surface area contributed by atoms with Crippen LogP contribution < -0.4 is 15.0 Å². The molecule has 1 atom stereocenters. The van der Waals surface area contributed by atoms with Crippen LogP contribution in [0.5, 0.6) is 5.75 Å². The third-order valence-corrected chi connectivity index (χ3v) is 4.06. The molecule has 1 unspecified atom stereocenters. The third kappa shape index (κ3) is 5.44. The number of hydrogen-bond donors (Lipinski definition) is 1. The van der Waals surface area contributed by atoms with E-state index >= 15 is 0 Å². The molecule has 0 aliphatic carbocycles. The van der Waals surface area contributed by atoms with Gasteiger partial charge in [0.15, 0.2) is 0 Å². The summed E-state index contributed by atoms with van der Waals surface area (Å²) in [5, 5.41) is 2.87. The molecule has 0 aliphatic heterocycles. The highest BCUT2D eigenvalue weighted by molar-refractivity contribution is 5.94. The standard InChI is InChI=1S/C20H24F2N2O2/c1-4-12-24(3)17-10-8-15(9-11-17)19(25)23-14(2)16-6-5-7-18(13-16)26-20(21)22/h5-11,13-14,20H,4,12H2,1-3H3,(H,23,25). The molecule has 0 saturated heterocycles. The maximum absolute atomic E-state index is 12.4. The molecule has 0 fully saturated rings. The average molecular weight is 362 g/mol. The van der Waals surface area contributed by atoms with Crippen LogP contribution in [0.4, 0.5) is 14.5 Å². The van der Waals surface area contributed by atoms with Crippen molar-refractivity contribution in [2.24, 2.45) is 0 Å². The van der Waals surface area contributed by atoms with Crippen molar-refractivity contribution in [3.8, 4) is 5.75 Å². The number of carbonyl (C=O) groups excluding carboxylic acids is 1. The Bertz CT molecular complexity index is 720. The predicted molar refractivity (Wildman–Crippen MR) is 99.0 cm³/mol. The number of nitrogens with one attached hydrogen (secondary N) is 1. The van der Waals surface area contributed by atoms with E-state index in [0.29, 0.717) is 11.1 Å². The van der Waals surface area contributed by atoms with Crippen LogP contribution in [0.15, 0.2) is 48.5 Å². The lowest BCUT2D eigenvalue weighted by atomic mass is 10.1. The van der Waals surface area contributed by atoms with Gasteiger partial charge in [-0.1, -0.05) is 19.1 Å². The number of amides is 1.